The number of piperidine rings is 1. The van der Waals surface area contributed by atoms with Gasteiger partial charge in [0.25, 0.3) is 0 Å². The Kier molecular flexibility index (Phi) is 4.89. The molecule has 2 aromatic rings. The number of H-pyrrole nitrogens is 1. The fourth-order valence-corrected chi connectivity index (χ4v) is 4.43. The SMILES string of the molecule is O=C(NC1CCCCC1)N1CCC(c2cc3cc(Cl)ccc3[nH]2)CC1. The molecule has 0 radical (unpaired) electrons. The summed E-state index contributed by atoms with van der Waals surface area (Å²) < 4.78 is 0. The lowest BCUT2D eigenvalue weighted by Crippen LogP contribution is -2.48. The van der Waals surface area contributed by atoms with E-state index in [0.717, 1.165) is 49.3 Å². The predicted octanol–water partition coefficient (Wildman–Crippen LogP) is 5.04. The van der Waals surface area contributed by atoms with Crippen molar-refractivity contribution in [3.8, 4) is 0 Å². The molecule has 1 aliphatic carbocycles. The molecule has 2 fully saturated rings. The molecule has 2 aliphatic rings. The molecule has 2 N–H and O–H groups in total. The smallest absolute Gasteiger partial charge is 0.317 e. The predicted molar refractivity (Wildman–Crippen MR) is 102 cm³/mol. The van der Waals surface area contributed by atoms with Crippen LogP contribution in [0.5, 0.6) is 0 Å². The number of rotatable bonds is 2. The zero-order valence-corrected chi connectivity index (χ0v) is 15.3. The molecule has 0 spiro atoms. The second kappa shape index (κ2) is 7.28. The third kappa shape index (κ3) is 3.79. The molecule has 25 heavy (non-hydrogen) atoms. The summed E-state index contributed by atoms with van der Waals surface area (Å²) >= 11 is 6.08. The van der Waals surface area contributed by atoms with E-state index in [1.54, 1.807) is 0 Å². The molecule has 1 aromatic heterocycles. The van der Waals surface area contributed by atoms with Crippen LogP contribution in [0.1, 0.15) is 56.6 Å². The third-order valence-electron chi connectivity index (χ3n) is 5.76. The van der Waals surface area contributed by atoms with Crippen molar-refractivity contribution in [2.24, 2.45) is 0 Å². The number of nitrogens with zero attached hydrogens (tertiary/aromatic N) is 1. The molecule has 1 aliphatic heterocycles. The van der Waals surface area contributed by atoms with E-state index in [9.17, 15) is 4.79 Å². The minimum Gasteiger partial charge on any atom is -0.358 e. The summed E-state index contributed by atoms with van der Waals surface area (Å²) in [5, 5.41) is 5.17. The highest BCUT2D eigenvalue weighted by Gasteiger charge is 2.26. The first-order chi connectivity index (χ1) is 12.2. The third-order valence-corrected chi connectivity index (χ3v) is 5.99. The standard InChI is InChI=1S/C20H26ClN3O/c21-16-6-7-18-15(12-16)13-19(23-18)14-8-10-24(11-9-14)20(25)22-17-4-2-1-3-5-17/h6-7,12-14,17,23H,1-5,8-11H2,(H,22,25). The molecule has 1 aromatic carbocycles. The van der Waals surface area contributed by atoms with E-state index in [1.807, 2.05) is 23.1 Å². The Balaban J connectivity index is 1.34. The van der Waals surface area contributed by atoms with Gasteiger partial charge in [-0.05, 0) is 49.9 Å². The van der Waals surface area contributed by atoms with E-state index < -0.39 is 0 Å². The summed E-state index contributed by atoms with van der Waals surface area (Å²) in [6.45, 7) is 1.67. The van der Waals surface area contributed by atoms with Crippen molar-refractivity contribution in [3.05, 3.63) is 35.0 Å². The second-order valence-corrected chi connectivity index (χ2v) is 7.94. The second-order valence-electron chi connectivity index (χ2n) is 7.50. The number of aromatic nitrogens is 1. The number of likely N-dealkylation sites (tertiary alicyclic amines) is 1. The Morgan fingerprint density at radius 3 is 2.60 bits per heavy atom. The van der Waals surface area contributed by atoms with Gasteiger partial charge < -0.3 is 15.2 Å². The first kappa shape index (κ1) is 16.8. The first-order valence-electron chi connectivity index (χ1n) is 9.52. The van der Waals surface area contributed by atoms with Crippen LogP contribution in [0, 0.1) is 0 Å². The molecule has 0 atom stereocenters. The average Bonchev–Trinajstić information content (AvgIpc) is 3.06. The molecular weight excluding hydrogens is 334 g/mol. The fourth-order valence-electron chi connectivity index (χ4n) is 4.25. The Labute approximate surface area is 153 Å². The van der Waals surface area contributed by atoms with Crippen LogP contribution in [0.4, 0.5) is 4.79 Å². The van der Waals surface area contributed by atoms with Crippen LogP contribution in [0.15, 0.2) is 24.3 Å². The highest BCUT2D eigenvalue weighted by atomic mass is 35.5. The van der Waals surface area contributed by atoms with E-state index in [-0.39, 0.29) is 6.03 Å². The minimum atomic E-state index is 0.133. The Bertz CT molecular complexity index is 742. The summed E-state index contributed by atoms with van der Waals surface area (Å²) in [5.74, 6) is 0.491. The van der Waals surface area contributed by atoms with Gasteiger partial charge in [0.1, 0.15) is 0 Å². The van der Waals surface area contributed by atoms with E-state index >= 15 is 0 Å². The number of carbonyl (C=O) groups is 1. The maximum atomic E-state index is 12.5. The van der Waals surface area contributed by atoms with E-state index in [0.29, 0.717) is 12.0 Å². The zero-order chi connectivity index (χ0) is 17.2. The van der Waals surface area contributed by atoms with E-state index in [4.69, 9.17) is 11.6 Å². The van der Waals surface area contributed by atoms with Crippen molar-refractivity contribution in [3.63, 3.8) is 0 Å². The van der Waals surface area contributed by atoms with Crippen LogP contribution < -0.4 is 5.32 Å². The molecule has 5 heteroatoms. The number of nitrogens with one attached hydrogen (secondary N) is 2. The lowest BCUT2D eigenvalue weighted by Gasteiger charge is -2.33. The first-order valence-corrected chi connectivity index (χ1v) is 9.90. The lowest BCUT2D eigenvalue weighted by molar-refractivity contribution is 0.174. The van der Waals surface area contributed by atoms with Gasteiger partial charge in [0, 0.05) is 46.7 Å². The maximum Gasteiger partial charge on any atom is 0.317 e. The van der Waals surface area contributed by atoms with Crippen LogP contribution in [-0.2, 0) is 0 Å². The number of benzene rings is 1. The van der Waals surface area contributed by atoms with Gasteiger partial charge in [-0.25, -0.2) is 4.79 Å². The van der Waals surface area contributed by atoms with Gasteiger partial charge in [0.2, 0.25) is 0 Å². The largest absolute Gasteiger partial charge is 0.358 e. The Hall–Kier alpha value is -1.68. The highest BCUT2D eigenvalue weighted by Crippen LogP contribution is 2.31. The number of aromatic amines is 1. The fraction of sp³-hybridized carbons (Fsp3) is 0.550. The van der Waals surface area contributed by atoms with Crippen LogP contribution in [0.2, 0.25) is 5.02 Å². The van der Waals surface area contributed by atoms with E-state index in [1.165, 1.54) is 30.3 Å². The molecule has 0 unspecified atom stereocenters. The number of amides is 2. The molecule has 0 bridgehead atoms. The quantitative estimate of drug-likeness (QED) is 0.775. The molecule has 134 valence electrons. The molecule has 2 heterocycles. The molecule has 4 nitrogen and oxygen atoms in total. The van der Waals surface area contributed by atoms with Crippen LogP contribution in [-0.4, -0.2) is 35.0 Å². The highest BCUT2D eigenvalue weighted by molar-refractivity contribution is 6.31. The summed E-state index contributed by atoms with van der Waals surface area (Å²) in [5.41, 5.74) is 2.40. The monoisotopic (exact) mass is 359 g/mol. The number of hydrogen-bond acceptors (Lipinski definition) is 1. The summed E-state index contributed by atoms with van der Waals surface area (Å²) in [7, 11) is 0. The number of hydrogen-bond donors (Lipinski definition) is 2. The topological polar surface area (TPSA) is 48.1 Å². The van der Waals surface area contributed by atoms with Gasteiger partial charge in [-0.1, -0.05) is 30.9 Å². The lowest BCUT2D eigenvalue weighted by atomic mass is 9.93. The van der Waals surface area contributed by atoms with Crippen molar-refractivity contribution in [1.82, 2.24) is 15.2 Å². The zero-order valence-electron chi connectivity index (χ0n) is 14.6. The van der Waals surface area contributed by atoms with Crippen molar-refractivity contribution < 1.29 is 4.79 Å². The van der Waals surface area contributed by atoms with Crippen molar-refractivity contribution >= 4 is 28.5 Å². The number of halogens is 1. The van der Waals surface area contributed by atoms with Gasteiger partial charge in [-0.2, -0.15) is 0 Å². The minimum absolute atomic E-state index is 0.133. The normalized spacial score (nSPS) is 20.1. The number of carbonyl (C=O) groups excluding carboxylic acids is 1. The molecule has 1 saturated heterocycles. The molecule has 2 amide bonds. The van der Waals surface area contributed by atoms with Crippen LogP contribution in [0.25, 0.3) is 10.9 Å². The van der Waals surface area contributed by atoms with Crippen molar-refractivity contribution in [2.45, 2.75) is 56.9 Å². The number of urea groups is 1. The average molecular weight is 360 g/mol. The molecule has 1 saturated carbocycles. The van der Waals surface area contributed by atoms with Crippen molar-refractivity contribution in [2.75, 3.05) is 13.1 Å². The molecular formula is C20H26ClN3O. The summed E-state index contributed by atoms with van der Waals surface area (Å²) in [6, 6.07) is 8.69. The van der Waals surface area contributed by atoms with Gasteiger partial charge in [-0.3, -0.25) is 0 Å². The molecule has 4 rings (SSSR count). The van der Waals surface area contributed by atoms with Gasteiger partial charge in [0.05, 0.1) is 0 Å². The van der Waals surface area contributed by atoms with Crippen molar-refractivity contribution in [1.29, 1.82) is 0 Å². The van der Waals surface area contributed by atoms with Crippen LogP contribution >= 0.6 is 11.6 Å². The summed E-state index contributed by atoms with van der Waals surface area (Å²) in [6.07, 6.45) is 8.11. The van der Waals surface area contributed by atoms with Gasteiger partial charge in [-0.15, -0.1) is 0 Å². The van der Waals surface area contributed by atoms with E-state index in [2.05, 4.69) is 16.4 Å². The Morgan fingerprint density at radius 1 is 1.08 bits per heavy atom. The maximum absolute atomic E-state index is 12.5. The number of fused-ring (bicyclic) bond motifs is 1. The van der Waals surface area contributed by atoms with Crippen LogP contribution in [0.3, 0.4) is 0 Å². The summed E-state index contributed by atoms with van der Waals surface area (Å²) in [4.78, 5) is 18.0. The van der Waals surface area contributed by atoms with Gasteiger partial charge >= 0.3 is 6.03 Å². The Morgan fingerprint density at radius 2 is 1.84 bits per heavy atom. The van der Waals surface area contributed by atoms with Gasteiger partial charge in [0.15, 0.2) is 0 Å².